The minimum atomic E-state index is -0.803. The number of carboxylic acid groups (broad SMARTS) is 1. The predicted molar refractivity (Wildman–Crippen MR) is 74.1 cm³/mol. The minimum Gasteiger partial charge on any atom is -0.481 e. The minimum absolute atomic E-state index is 0.0588. The molecule has 0 aromatic heterocycles. The lowest BCUT2D eigenvalue weighted by Gasteiger charge is -2.38. The molecule has 0 aliphatic carbocycles. The molecule has 0 aromatic rings. The van der Waals surface area contributed by atoms with Gasteiger partial charge in [-0.25, -0.2) is 4.79 Å². The van der Waals surface area contributed by atoms with E-state index in [1.807, 2.05) is 4.90 Å². The fraction of sp³-hybridized carbons (Fsp3) is 0.857. The number of aliphatic carboxylic acids is 1. The van der Waals surface area contributed by atoms with Gasteiger partial charge in [-0.3, -0.25) is 4.79 Å². The molecule has 0 spiro atoms. The average Bonchev–Trinajstić information content (AvgIpc) is 2.38. The molecule has 2 amide bonds. The van der Waals surface area contributed by atoms with Crippen LogP contribution in [0.2, 0.25) is 0 Å². The van der Waals surface area contributed by atoms with Crippen LogP contribution in [0.3, 0.4) is 0 Å². The van der Waals surface area contributed by atoms with Crippen LogP contribution in [-0.2, 0) is 4.79 Å². The summed E-state index contributed by atoms with van der Waals surface area (Å²) >= 11 is 0. The average molecular weight is 270 g/mol. The van der Waals surface area contributed by atoms with Crippen LogP contribution in [-0.4, -0.2) is 53.1 Å². The zero-order valence-electron chi connectivity index (χ0n) is 12.1. The molecule has 1 rings (SSSR count). The molecule has 1 N–H and O–H groups in total. The van der Waals surface area contributed by atoms with E-state index in [0.717, 1.165) is 32.2 Å². The third kappa shape index (κ3) is 5.09. The number of rotatable bonds is 6. The van der Waals surface area contributed by atoms with Crippen LogP contribution in [0.5, 0.6) is 0 Å². The smallest absolute Gasteiger partial charge is 0.319 e. The van der Waals surface area contributed by atoms with Crippen LogP contribution in [0.25, 0.3) is 0 Å². The lowest BCUT2D eigenvalue weighted by Crippen LogP contribution is -2.49. The standard InChI is InChI=1S/C14H26N2O3/c1-3-7-12-8-4-5-11-16(12)14(19)15(2)10-6-9-13(17)18/h12H,3-11H2,1-2H3,(H,17,18). The Kier molecular flexibility index (Phi) is 6.67. The van der Waals surface area contributed by atoms with Gasteiger partial charge in [0, 0.05) is 32.6 Å². The predicted octanol–water partition coefficient (Wildman–Crippen LogP) is 2.56. The molecule has 0 radical (unpaired) electrons. The Bertz CT molecular complexity index is 305. The highest BCUT2D eigenvalue weighted by Crippen LogP contribution is 2.22. The van der Waals surface area contributed by atoms with E-state index in [2.05, 4.69) is 6.92 Å². The molecule has 1 saturated heterocycles. The van der Waals surface area contributed by atoms with Crippen molar-refractivity contribution in [1.82, 2.24) is 9.80 Å². The molecule has 0 saturated carbocycles. The summed E-state index contributed by atoms with van der Waals surface area (Å²) in [7, 11) is 1.77. The van der Waals surface area contributed by atoms with E-state index in [4.69, 9.17) is 5.11 Å². The molecule has 1 aliphatic rings. The number of carbonyl (C=O) groups is 2. The van der Waals surface area contributed by atoms with Crippen molar-refractivity contribution in [3.8, 4) is 0 Å². The van der Waals surface area contributed by atoms with Crippen LogP contribution in [0.15, 0.2) is 0 Å². The number of hydrogen-bond acceptors (Lipinski definition) is 2. The number of likely N-dealkylation sites (tertiary alicyclic amines) is 1. The van der Waals surface area contributed by atoms with Crippen LogP contribution >= 0.6 is 0 Å². The zero-order chi connectivity index (χ0) is 14.3. The molecule has 19 heavy (non-hydrogen) atoms. The van der Waals surface area contributed by atoms with E-state index < -0.39 is 5.97 Å². The summed E-state index contributed by atoms with van der Waals surface area (Å²) in [5, 5.41) is 8.61. The van der Waals surface area contributed by atoms with Gasteiger partial charge >= 0.3 is 12.0 Å². The molecular formula is C14H26N2O3. The van der Waals surface area contributed by atoms with Crippen LogP contribution < -0.4 is 0 Å². The second kappa shape index (κ2) is 8.02. The lowest BCUT2D eigenvalue weighted by molar-refractivity contribution is -0.137. The van der Waals surface area contributed by atoms with E-state index in [1.165, 1.54) is 6.42 Å². The van der Waals surface area contributed by atoms with Gasteiger partial charge in [-0.2, -0.15) is 0 Å². The number of urea groups is 1. The van der Waals surface area contributed by atoms with E-state index >= 15 is 0 Å². The summed E-state index contributed by atoms with van der Waals surface area (Å²) in [4.78, 5) is 26.5. The van der Waals surface area contributed by atoms with Gasteiger partial charge in [0.15, 0.2) is 0 Å². The van der Waals surface area contributed by atoms with Crippen molar-refractivity contribution in [2.24, 2.45) is 0 Å². The number of amides is 2. The first-order valence-corrected chi connectivity index (χ1v) is 7.29. The first-order chi connectivity index (χ1) is 9.06. The first kappa shape index (κ1) is 15.8. The van der Waals surface area contributed by atoms with E-state index in [1.54, 1.807) is 11.9 Å². The second-order valence-corrected chi connectivity index (χ2v) is 5.33. The Morgan fingerprint density at radius 3 is 2.74 bits per heavy atom. The third-order valence-electron chi connectivity index (χ3n) is 3.71. The molecule has 1 atom stereocenters. The van der Waals surface area contributed by atoms with Crippen molar-refractivity contribution in [3.05, 3.63) is 0 Å². The summed E-state index contributed by atoms with van der Waals surface area (Å²) in [6, 6.07) is 0.428. The van der Waals surface area contributed by atoms with Gasteiger partial charge in [0.1, 0.15) is 0 Å². The topological polar surface area (TPSA) is 60.9 Å². The van der Waals surface area contributed by atoms with Crippen molar-refractivity contribution in [1.29, 1.82) is 0 Å². The molecule has 1 unspecified atom stereocenters. The maximum atomic E-state index is 12.4. The largest absolute Gasteiger partial charge is 0.481 e. The molecule has 1 fully saturated rings. The van der Waals surface area contributed by atoms with Crippen LogP contribution in [0, 0.1) is 0 Å². The third-order valence-corrected chi connectivity index (χ3v) is 3.71. The molecule has 5 nitrogen and oxygen atoms in total. The summed E-state index contributed by atoms with van der Waals surface area (Å²) in [5.41, 5.74) is 0. The quantitative estimate of drug-likeness (QED) is 0.807. The summed E-state index contributed by atoms with van der Waals surface area (Å²) < 4.78 is 0. The molecular weight excluding hydrogens is 244 g/mol. The van der Waals surface area contributed by atoms with Crippen molar-refractivity contribution in [3.63, 3.8) is 0 Å². The van der Waals surface area contributed by atoms with Gasteiger partial charge < -0.3 is 14.9 Å². The van der Waals surface area contributed by atoms with Gasteiger partial charge in [-0.15, -0.1) is 0 Å². The highest BCUT2D eigenvalue weighted by Gasteiger charge is 2.27. The van der Waals surface area contributed by atoms with Crippen molar-refractivity contribution < 1.29 is 14.7 Å². The maximum absolute atomic E-state index is 12.4. The van der Waals surface area contributed by atoms with Gasteiger partial charge in [-0.05, 0) is 32.1 Å². The molecule has 5 heteroatoms. The second-order valence-electron chi connectivity index (χ2n) is 5.33. The number of carboxylic acids is 1. The number of piperidine rings is 1. The fourth-order valence-electron chi connectivity index (χ4n) is 2.67. The Balaban J connectivity index is 2.46. The van der Waals surface area contributed by atoms with E-state index in [9.17, 15) is 9.59 Å². The van der Waals surface area contributed by atoms with Gasteiger partial charge in [0.25, 0.3) is 0 Å². The van der Waals surface area contributed by atoms with Crippen LogP contribution in [0.1, 0.15) is 51.9 Å². The Morgan fingerprint density at radius 2 is 2.11 bits per heavy atom. The van der Waals surface area contributed by atoms with Crippen molar-refractivity contribution in [2.45, 2.75) is 57.9 Å². The summed E-state index contributed by atoms with van der Waals surface area (Å²) in [6.07, 6.45) is 6.18. The maximum Gasteiger partial charge on any atom is 0.319 e. The molecule has 1 heterocycles. The fourth-order valence-corrected chi connectivity index (χ4v) is 2.67. The van der Waals surface area contributed by atoms with Crippen LogP contribution in [0.4, 0.5) is 4.79 Å². The van der Waals surface area contributed by atoms with Gasteiger partial charge in [0.2, 0.25) is 0 Å². The Labute approximate surface area is 115 Å². The lowest BCUT2D eigenvalue weighted by atomic mass is 9.98. The van der Waals surface area contributed by atoms with Gasteiger partial charge in [0.05, 0.1) is 0 Å². The number of carbonyl (C=O) groups excluding carboxylic acids is 1. The molecule has 1 aliphatic heterocycles. The Morgan fingerprint density at radius 1 is 1.37 bits per heavy atom. The van der Waals surface area contributed by atoms with Gasteiger partial charge in [-0.1, -0.05) is 13.3 Å². The van der Waals surface area contributed by atoms with Crippen molar-refractivity contribution >= 4 is 12.0 Å². The Hall–Kier alpha value is -1.26. The van der Waals surface area contributed by atoms with E-state index in [-0.39, 0.29) is 12.5 Å². The highest BCUT2D eigenvalue weighted by atomic mass is 16.4. The SMILES string of the molecule is CCCC1CCCCN1C(=O)N(C)CCCC(=O)O. The number of nitrogens with zero attached hydrogens (tertiary/aromatic N) is 2. The zero-order valence-corrected chi connectivity index (χ0v) is 12.1. The molecule has 0 bridgehead atoms. The highest BCUT2D eigenvalue weighted by molar-refractivity contribution is 5.74. The molecule has 110 valence electrons. The molecule has 0 aromatic carbocycles. The summed E-state index contributed by atoms with van der Waals surface area (Å²) in [5.74, 6) is -0.803. The first-order valence-electron chi connectivity index (χ1n) is 7.29. The van der Waals surface area contributed by atoms with E-state index in [0.29, 0.717) is 19.0 Å². The van der Waals surface area contributed by atoms with Crippen molar-refractivity contribution in [2.75, 3.05) is 20.1 Å². The monoisotopic (exact) mass is 270 g/mol. The number of hydrogen-bond donors (Lipinski definition) is 1. The normalized spacial score (nSPS) is 19.3. The summed E-state index contributed by atoms with van der Waals surface area (Å²) in [6.45, 7) is 3.50.